The number of methoxy groups -OCH3 is 4. The number of nitrogens with zero attached hydrogens (tertiary/aromatic N) is 1. The highest BCUT2D eigenvalue weighted by Gasteiger charge is 2.12. The van der Waals surface area contributed by atoms with Crippen LogP contribution in [0, 0.1) is 0 Å². The summed E-state index contributed by atoms with van der Waals surface area (Å²) in [5, 5.41) is 5.87. The molecule has 0 aliphatic heterocycles. The largest absolute Gasteiger partial charge is 0.493 e. The molecule has 1 amide bonds. The zero-order valence-electron chi connectivity index (χ0n) is 20.0. The molecule has 0 saturated heterocycles. The van der Waals surface area contributed by atoms with E-state index < -0.39 is 0 Å². The van der Waals surface area contributed by atoms with Crippen LogP contribution < -0.4 is 24.3 Å². The van der Waals surface area contributed by atoms with Crippen molar-refractivity contribution in [2.24, 2.45) is 0 Å². The Bertz CT molecular complexity index is 1320. The summed E-state index contributed by atoms with van der Waals surface area (Å²) in [6.07, 6.45) is 0. The summed E-state index contributed by atoms with van der Waals surface area (Å²) >= 11 is 1.57. The van der Waals surface area contributed by atoms with Gasteiger partial charge < -0.3 is 24.3 Å². The number of carbonyl (C=O) groups is 1. The number of rotatable bonds is 9. The second-order valence-electron chi connectivity index (χ2n) is 7.56. The van der Waals surface area contributed by atoms with Crippen LogP contribution >= 0.6 is 11.3 Å². The van der Waals surface area contributed by atoms with E-state index in [0.29, 0.717) is 35.1 Å². The van der Waals surface area contributed by atoms with Gasteiger partial charge in [-0.15, -0.1) is 11.3 Å². The van der Waals surface area contributed by atoms with Crippen LogP contribution in [-0.4, -0.2) is 39.3 Å². The smallest absolute Gasteiger partial charge is 0.251 e. The molecule has 1 aromatic heterocycles. The van der Waals surface area contributed by atoms with Crippen molar-refractivity contribution in [3.05, 3.63) is 77.2 Å². The summed E-state index contributed by atoms with van der Waals surface area (Å²) < 4.78 is 21.2. The van der Waals surface area contributed by atoms with Crippen LogP contribution in [0.4, 0.5) is 0 Å². The first-order chi connectivity index (χ1) is 17.1. The summed E-state index contributed by atoms with van der Waals surface area (Å²) in [6, 6.07) is 18.8. The number of aromatic nitrogens is 1. The summed E-state index contributed by atoms with van der Waals surface area (Å²) in [7, 11) is 6.33. The van der Waals surface area contributed by atoms with E-state index in [1.807, 2.05) is 47.8 Å². The average molecular weight is 491 g/mol. The highest BCUT2D eigenvalue weighted by atomic mass is 32.1. The first kappa shape index (κ1) is 24.1. The van der Waals surface area contributed by atoms with Gasteiger partial charge in [0.2, 0.25) is 0 Å². The number of hydrogen-bond donors (Lipinski definition) is 1. The van der Waals surface area contributed by atoms with Crippen LogP contribution in [-0.2, 0) is 6.54 Å². The molecular formula is C27H26N2O5S. The Kier molecular flexibility index (Phi) is 7.52. The average Bonchev–Trinajstić information content (AvgIpc) is 3.41. The van der Waals surface area contributed by atoms with Gasteiger partial charge in [0.15, 0.2) is 23.0 Å². The Labute approximate surface area is 208 Å². The Morgan fingerprint density at radius 3 is 2.03 bits per heavy atom. The highest BCUT2D eigenvalue weighted by molar-refractivity contribution is 7.13. The standard InChI is InChI=1S/C27H26N2O5S/c1-31-22-11-9-19(13-24(22)33-3)21-16-35-27(29-21)18-7-5-17(6-8-18)15-28-26(30)20-10-12-23(32-2)25(14-20)34-4/h5-14,16H,15H2,1-4H3,(H,28,30). The van der Waals surface area contributed by atoms with Crippen LogP contribution in [0.2, 0.25) is 0 Å². The predicted molar refractivity (Wildman–Crippen MR) is 137 cm³/mol. The van der Waals surface area contributed by atoms with E-state index in [2.05, 4.69) is 5.32 Å². The molecule has 3 aromatic carbocycles. The fourth-order valence-electron chi connectivity index (χ4n) is 3.56. The van der Waals surface area contributed by atoms with Crippen LogP contribution in [0.1, 0.15) is 15.9 Å². The number of benzene rings is 3. The van der Waals surface area contributed by atoms with Crippen molar-refractivity contribution >= 4 is 17.2 Å². The molecule has 0 aliphatic rings. The lowest BCUT2D eigenvalue weighted by atomic mass is 10.1. The van der Waals surface area contributed by atoms with Crippen molar-refractivity contribution in [2.75, 3.05) is 28.4 Å². The first-order valence-corrected chi connectivity index (χ1v) is 11.7. The number of amides is 1. The Morgan fingerprint density at radius 2 is 1.37 bits per heavy atom. The van der Waals surface area contributed by atoms with Crippen LogP contribution in [0.25, 0.3) is 21.8 Å². The van der Waals surface area contributed by atoms with Gasteiger partial charge in [0, 0.05) is 28.6 Å². The van der Waals surface area contributed by atoms with E-state index in [-0.39, 0.29) is 5.91 Å². The molecule has 0 bridgehead atoms. The second-order valence-corrected chi connectivity index (χ2v) is 8.42. The second kappa shape index (κ2) is 10.9. The fourth-order valence-corrected chi connectivity index (χ4v) is 4.40. The summed E-state index contributed by atoms with van der Waals surface area (Å²) in [5.41, 5.74) is 4.33. The number of carbonyl (C=O) groups excluding carboxylic acids is 1. The molecule has 1 N–H and O–H groups in total. The molecule has 0 unspecified atom stereocenters. The van der Waals surface area contributed by atoms with E-state index in [4.69, 9.17) is 23.9 Å². The van der Waals surface area contributed by atoms with E-state index in [1.165, 1.54) is 0 Å². The van der Waals surface area contributed by atoms with Crippen LogP contribution in [0.3, 0.4) is 0 Å². The topological polar surface area (TPSA) is 78.9 Å². The van der Waals surface area contributed by atoms with Gasteiger partial charge in [0.25, 0.3) is 5.91 Å². The van der Waals surface area contributed by atoms with Gasteiger partial charge in [0.05, 0.1) is 34.1 Å². The molecule has 180 valence electrons. The quantitative estimate of drug-likeness (QED) is 0.337. The first-order valence-electron chi connectivity index (χ1n) is 10.8. The minimum atomic E-state index is -0.186. The van der Waals surface area contributed by atoms with Gasteiger partial charge in [0.1, 0.15) is 5.01 Å². The maximum Gasteiger partial charge on any atom is 0.251 e. The summed E-state index contributed by atoms with van der Waals surface area (Å²) in [5.74, 6) is 2.26. The maximum atomic E-state index is 12.6. The van der Waals surface area contributed by atoms with E-state index in [1.54, 1.807) is 58.0 Å². The molecule has 8 heteroatoms. The minimum Gasteiger partial charge on any atom is -0.493 e. The molecule has 0 aliphatic carbocycles. The molecule has 0 fully saturated rings. The molecule has 0 saturated carbocycles. The number of ether oxygens (including phenoxy) is 4. The Hall–Kier alpha value is -4.04. The summed E-state index contributed by atoms with van der Waals surface area (Å²) in [6.45, 7) is 0.405. The maximum absolute atomic E-state index is 12.6. The number of nitrogens with one attached hydrogen (secondary N) is 1. The molecular weight excluding hydrogens is 464 g/mol. The van der Waals surface area contributed by atoms with Gasteiger partial charge in [-0.1, -0.05) is 24.3 Å². The molecule has 0 atom stereocenters. The van der Waals surface area contributed by atoms with Gasteiger partial charge >= 0.3 is 0 Å². The van der Waals surface area contributed by atoms with Gasteiger partial charge in [-0.2, -0.15) is 0 Å². The minimum absolute atomic E-state index is 0.186. The van der Waals surface area contributed by atoms with Crippen molar-refractivity contribution in [1.82, 2.24) is 10.3 Å². The van der Waals surface area contributed by atoms with Crippen LogP contribution in [0.15, 0.2) is 66.0 Å². The molecule has 35 heavy (non-hydrogen) atoms. The molecule has 0 spiro atoms. The molecule has 7 nitrogen and oxygen atoms in total. The normalized spacial score (nSPS) is 10.5. The molecule has 4 aromatic rings. The fraction of sp³-hybridized carbons (Fsp3) is 0.185. The lowest BCUT2D eigenvalue weighted by molar-refractivity contribution is 0.0950. The molecule has 1 heterocycles. The predicted octanol–water partition coefficient (Wildman–Crippen LogP) is 5.44. The van der Waals surface area contributed by atoms with Crippen molar-refractivity contribution in [2.45, 2.75) is 6.54 Å². The third-order valence-electron chi connectivity index (χ3n) is 5.48. The lowest BCUT2D eigenvalue weighted by Crippen LogP contribution is -2.22. The van der Waals surface area contributed by atoms with Crippen molar-refractivity contribution in [1.29, 1.82) is 0 Å². The molecule has 4 rings (SSSR count). The summed E-state index contributed by atoms with van der Waals surface area (Å²) in [4.78, 5) is 17.4. The van der Waals surface area contributed by atoms with Gasteiger partial charge in [-0.3, -0.25) is 4.79 Å². The number of hydrogen-bond acceptors (Lipinski definition) is 7. The van der Waals surface area contributed by atoms with Crippen molar-refractivity contribution in [3.8, 4) is 44.8 Å². The van der Waals surface area contributed by atoms with Crippen molar-refractivity contribution in [3.63, 3.8) is 0 Å². The SMILES string of the molecule is COc1ccc(C(=O)NCc2ccc(-c3nc(-c4ccc(OC)c(OC)c4)cs3)cc2)cc1OC. The van der Waals surface area contributed by atoms with Gasteiger partial charge in [-0.25, -0.2) is 4.98 Å². The molecule has 0 radical (unpaired) electrons. The van der Waals surface area contributed by atoms with Crippen molar-refractivity contribution < 1.29 is 23.7 Å². The Balaban J connectivity index is 1.42. The number of thiazole rings is 1. The monoisotopic (exact) mass is 490 g/mol. The zero-order chi connectivity index (χ0) is 24.8. The van der Waals surface area contributed by atoms with E-state index in [0.717, 1.165) is 27.4 Å². The van der Waals surface area contributed by atoms with E-state index >= 15 is 0 Å². The van der Waals surface area contributed by atoms with Gasteiger partial charge in [-0.05, 0) is 42.0 Å². The third kappa shape index (κ3) is 5.38. The highest BCUT2D eigenvalue weighted by Crippen LogP contribution is 2.34. The van der Waals surface area contributed by atoms with Crippen LogP contribution in [0.5, 0.6) is 23.0 Å². The third-order valence-corrected chi connectivity index (χ3v) is 6.37. The lowest BCUT2D eigenvalue weighted by Gasteiger charge is -2.10. The van der Waals surface area contributed by atoms with E-state index in [9.17, 15) is 4.79 Å². The Morgan fingerprint density at radius 1 is 0.771 bits per heavy atom. The zero-order valence-corrected chi connectivity index (χ0v) is 20.8.